The molecule has 0 atom stereocenters. The quantitative estimate of drug-likeness (QED) is 0.900. The van der Waals surface area contributed by atoms with Gasteiger partial charge >= 0.3 is 0 Å². The number of benzene rings is 1. The number of halogens is 2. The number of anilines is 2. The Morgan fingerprint density at radius 2 is 2.21 bits per heavy atom. The highest BCUT2D eigenvalue weighted by atomic mass is 35.5. The molecule has 1 aromatic heterocycles. The molecule has 1 aliphatic heterocycles. The van der Waals surface area contributed by atoms with Gasteiger partial charge in [0, 0.05) is 5.69 Å². The zero-order chi connectivity index (χ0) is 13.4. The van der Waals surface area contributed by atoms with Gasteiger partial charge in [-0.15, -0.1) is 0 Å². The lowest BCUT2D eigenvalue weighted by molar-refractivity contribution is 0.174. The van der Waals surface area contributed by atoms with Gasteiger partial charge in [-0.3, -0.25) is 4.90 Å². The molecule has 0 spiro atoms. The second kappa shape index (κ2) is 4.39. The average molecular weight is 284 g/mol. The maximum absolute atomic E-state index is 13.2. The van der Waals surface area contributed by atoms with E-state index in [0.717, 1.165) is 0 Å². The van der Waals surface area contributed by atoms with Crippen LogP contribution in [0.4, 0.5) is 15.9 Å². The van der Waals surface area contributed by atoms with Crippen molar-refractivity contribution >= 4 is 28.9 Å². The first-order chi connectivity index (χ1) is 9.16. The van der Waals surface area contributed by atoms with Crippen molar-refractivity contribution in [3.05, 3.63) is 34.7 Å². The van der Waals surface area contributed by atoms with E-state index in [-0.39, 0.29) is 23.3 Å². The summed E-state index contributed by atoms with van der Waals surface area (Å²) in [5.41, 5.74) is 6.43. The number of hydrogen-bond donors (Lipinski definition) is 1. The van der Waals surface area contributed by atoms with Gasteiger partial charge in [-0.25, -0.2) is 9.02 Å². The third-order valence-electron chi connectivity index (χ3n) is 2.53. The van der Waals surface area contributed by atoms with E-state index in [4.69, 9.17) is 22.2 Å². The van der Waals surface area contributed by atoms with Crippen molar-refractivity contribution in [1.29, 1.82) is 0 Å². The largest absolute Gasteiger partial charge is 0.379 e. The summed E-state index contributed by atoms with van der Waals surface area (Å²) >= 11 is 5.74. The molecule has 0 saturated heterocycles. The molecule has 3 rings (SSSR count). The molecule has 1 aliphatic rings. The Morgan fingerprint density at radius 1 is 1.37 bits per heavy atom. The summed E-state index contributed by atoms with van der Waals surface area (Å²) in [6, 6.07) is 4.23. The topological polar surface area (TPSA) is 89.8 Å². The summed E-state index contributed by atoms with van der Waals surface area (Å²) in [6.45, 7) is 0.129. The molecule has 0 saturated carbocycles. The van der Waals surface area contributed by atoms with Crippen LogP contribution in [0.3, 0.4) is 0 Å². The van der Waals surface area contributed by atoms with E-state index < -0.39 is 5.82 Å². The number of rotatable bonds is 2. The van der Waals surface area contributed by atoms with Crippen molar-refractivity contribution in [2.45, 2.75) is 0 Å². The molecule has 0 unspecified atom stereocenters. The minimum Gasteiger partial charge on any atom is -0.379 e. The Kier molecular flexibility index (Phi) is 2.71. The van der Waals surface area contributed by atoms with Gasteiger partial charge in [0.15, 0.2) is 18.2 Å². The van der Waals surface area contributed by atoms with E-state index in [1.54, 1.807) is 4.90 Å². The lowest BCUT2D eigenvalue weighted by Gasteiger charge is -2.16. The highest BCUT2D eigenvalue weighted by Crippen LogP contribution is 2.26. The molecule has 2 N–H and O–H groups in total. The molecular weight excluding hydrogens is 277 g/mol. The van der Waals surface area contributed by atoms with Crippen LogP contribution in [0, 0.1) is 5.82 Å². The highest BCUT2D eigenvalue weighted by Gasteiger charge is 2.28. The lowest BCUT2D eigenvalue weighted by atomic mass is 10.2. The van der Waals surface area contributed by atoms with Crippen LogP contribution in [0.1, 0.15) is 5.69 Å². The molecule has 0 radical (unpaired) electrons. The van der Waals surface area contributed by atoms with Crippen LogP contribution >= 0.6 is 11.6 Å². The van der Waals surface area contributed by atoms with Crippen LogP contribution in [-0.2, 0) is 4.84 Å². The van der Waals surface area contributed by atoms with Gasteiger partial charge in [-0.2, -0.15) is 0 Å². The molecule has 2 aromatic rings. The van der Waals surface area contributed by atoms with E-state index in [0.29, 0.717) is 11.5 Å². The van der Waals surface area contributed by atoms with Gasteiger partial charge < -0.3 is 10.6 Å². The summed E-state index contributed by atoms with van der Waals surface area (Å²) in [7, 11) is 0. The predicted octanol–water partition coefficient (Wildman–Crippen LogP) is 1.60. The Morgan fingerprint density at radius 3 is 2.89 bits per heavy atom. The van der Waals surface area contributed by atoms with Gasteiger partial charge in [0.1, 0.15) is 5.82 Å². The molecule has 0 bridgehead atoms. The van der Waals surface area contributed by atoms with E-state index in [2.05, 4.69) is 20.1 Å². The van der Waals surface area contributed by atoms with Crippen molar-refractivity contribution in [2.75, 3.05) is 17.4 Å². The number of amidine groups is 1. The molecule has 7 nitrogen and oxygen atoms in total. The summed E-state index contributed by atoms with van der Waals surface area (Å²) in [6.07, 6.45) is 0. The van der Waals surface area contributed by atoms with Crippen LogP contribution in [-0.4, -0.2) is 22.9 Å². The zero-order valence-electron chi connectivity index (χ0n) is 9.38. The SMILES string of the molecule is Nc1nonc1C1=NOCN1c1ccc(F)c(Cl)c1. The normalized spacial score (nSPS) is 14.4. The van der Waals surface area contributed by atoms with Gasteiger partial charge in [0.25, 0.3) is 0 Å². The number of nitrogens with two attached hydrogens (primary N) is 1. The average Bonchev–Trinajstić information content (AvgIpc) is 3.00. The molecule has 0 amide bonds. The van der Waals surface area contributed by atoms with Crippen LogP contribution in [0.25, 0.3) is 0 Å². The molecule has 0 aliphatic carbocycles. The molecule has 19 heavy (non-hydrogen) atoms. The molecule has 9 heteroatoms. The van der Waals surface area contributed by atoms with E-state index in [1.165, 1.54) is 18.2 Å². The standard InChI is InChI=1S/C10H7ClFN5O2/c11-6-3-5(1-2-7(6)12)17-4-18-16-10(17)8-9(13)15-19-14-8/h1-3H,4H2,(H2,13,15). The minimum atomic E-state index is -0.508. The van der Waals surface area contributed by atoms with E-state index >= 15 is 0 Å². The summed E-state index contributed by atoms with van der Waals surface area (Å²) in [5.74, 6) is -0.101. The second-order valence-electron chi connectivity index (χ2n) is 3.70. The third-order valence-corrected chi connectivity index (χ3v) is 2.82. The Labute approximate surface area is 111 Å². The number of nitrogen functional groups attached to an aromatic ring is 1. The van der Waals surface area contributed by atoms with Gasteiger partial charge in [0.05, 0.1) is 5.02 Å². The lowest BCUT2D eigenvalue weighted by Crippen LogP contribution is -2.28. The zero-order valence-corrected chi connectivity index (χ0v) is 10.1. The van der Waals surface area contributed by atoms with Gasteiger partial charge in [0.2, 0.25) is 5.84 Å². The Bertz CT molecular complexity index is 659. The monoisotopic (exact) mass is 283 g/mol. The van der Waals surface area contributed by atoms with Crippen molar-refractivity contribution in [2.24, 2.45) is 5.16 Å². The van der Waals surface area contributed by atoms with Crippen molar-refractivity contribution < 1.29 is 13.9 Å². The van der Waals surface area contributed by atoms with Crippen LogP contribution < -0.4 is 10.6 Å². The summed E-state index contributed by atoms with van der Waals surface area (Å²) in [5, 5.41) is 10.9. The van der Waals surface area contributed by atoms with Crippen molar-refractivity contribution in [1.82, 2.24) is 10.3 Å². The first kappa shape index (κ1) is 11.7. The fraction of sp³-hybridized carbons (Fsp3) is 0.100. The molecular formula is C10H7ClFN5O2. The first-order valence-corrected chi connectivity index (χ1v) is 5.55. The summed E-state index contributed by atoms with van der Waals surface area (Å²) in [4.78, 5) is 6.60. The van der Waals surface area contributed by atoms with Gasteiger partial charge in [-0.1, -0.05) is 16.8 Å². The Hall–Kier alpha value is -2.35. The number of nitrogens with zero attached hydrogens (tertiary/aromatic N) is 4. The maximum Gasteiger partial charge on any atom is 0.208 e. The molecule has 2 heterocycles. The number of hydrogen-bond acceptors (Lipinski definition) is 7. The smallest absolute Gasteiger partial charge is 0.208 e. The van der Waals surface area contributed by atoms with Crippen LogP contribution in [0.2, 0.25) is 5.02 Å². The second-order valence-corrected chi connectivity index (χ2v) is 4.10. The van der Waals surface area contributed by atoms with Gasteiger partial charge in [-0.05, 0) is 28.5 Å². The summed E-state index contributed by atoms with van der Waals surface area (Å²) < 4.78 is 17.7. The van der Waals surface area contributed by atoms with Crippen molar-refractivity contribution in [3.63, 3.8) is 0 Å². The fourth-order valence-corrected chi connectivity index (χ4v) is 1.80. The van der Waals surface area contributed by atoms with E-state index in [1.807, 2.05) is 0 Å². The van der Waals surface area contributed by atoms with E-state index in [9.17, 15) is 4.39 Å². The minimum absolute atomic E-state index is 0.00463. The first-order valence-electron chi connectivity index (χ1n) is 5.18. The maximum atomic E-state index is 13.2. The molecule has 98 valence electrons. The van der Waals surface area contributed by atoms with Crippen LogP contribution in [0.5, 0.6) is 0 Å². The number of oxime groups is 1. The Balaban J connectivity index is 1.99. The number of aromatic nitrogens is 2. The fourth-order valence-electron chi connectivity index (χ4n) is 1.63. The predicted molar refractivity (Wildman–Crippen MR) is 65.1 cm³/mol. The molecule has 1 aromatic carbocycles. The third kappa shape index (κ3) is 1.95. The van der Waals surface area contributed by atoms with Crippen LogP contribution in [0.15, 0.2) is 28.0 Å². The highest BCUT2D eigenvalue weighted by molar-refractivity contribution is 6.31. The van der Waals surface area contributed by atoms with Crippen molar-refractivity contribution in [3.8, 4) is 0 Å². The molecule has 0 fully saturated rings.